The molecule has 0 aliphatic heterocycles. The molecule has 0 fully saturated rings. The molecular weight excluding hydrogens is 199 g/mol. The zero-order chi connectivity index (χ0) is 11.0. The van der Waals surface area contributed by atoms with E-state index in [-0.39, 0.29) is 6.61 Å². The minimum atomic E-state index is -4.25. The first-order valence-electron chi connectivity index (χ1n) is 4.45. The minimum Gasteiger partial charge on any atom is -0.393 e. The zero-order valence-corrected chi connectivity index (χ0v) is 8.10. The van der Waals surface area contributed by atoms with E-state index in [2.05, 4.69) is 10.1 Å². The average molecular weight is 215 g/mol. The third kappa shape index (κ3) is 11.7. The van der Waals surface area contributed by atoms with Crippen molar-refractivity contribution < 1.29 is 23.0 Å². The highest BCUT2D eigenvalue weighted by atomic mass is 19.4. The molecule has 0 bridgehead atoms. The van der Waals surface area contributed by atoms with Crippen LogP contribution in [0.4, 0.5) is 13.2 Å². The summed E-state index contributed by atoms with van der Waals surface area (Å²) in [7, 11) is 0. The Morgan fingerprint density at radius 3 is 2.50 bits per heavy atom. The van der Waals surface area contributed by atoms with Crippen LogP contribution in [-0.2, 0) is 4.74 Å². The van der Waals surface area contributed by atoms with E-state index in [0.717, 1.165) is 0 Å². The fourth-order valence-corrected chi connectivity index (χ4v) is 0.768. The third-order valence-corrected chi connectivity index (χ3v) is 1.43. The summed E-state index contributed by atoms with van der Waals surface area (Å²) in [6, 6.07) is 0. The van der Waals surface area contributed by atoms with Gasteiger partial charge in [-0.25, -0.2) is 0 Å². The van der Waals surface area contributed by atoms with E-state index < -0.39 is 18.9 Å². The van der Waals surface area contributed by atoms with E-state index in [4.69, 9.17) is 5.11 Å². The van der Waals surface area contributed by atoms with Gasteiger partial charge in [0, 0.05) is 6.54 Å². The maximum Gasteiger partial charge on any atom is 0.411 e. The van der Waals surface area contributed by atoms with Gasteiger partial charge < -0.3 is 15.2 Å². The Labute approximate surface area is 81.2 Å². The molecule has 0 aliphatic rings. The number of nitrogens with one attached hydrogen (secondary N) is 1. The SMILES string of the molecule is CC(O)CCNCCOCC(F)(F)F. The molecule has 0 aromatic rings. The smallest absolute Gasteiger partial charge is 0.393 e. The summed E-state index contributed by atoms with van der Waals surface area (Å²) >= 11 is 0. The molecule has 1 atom stereocenters. The van der Waals surface area contributed by atoms with Gasteiger partial charge in [0.2, 0.25) is 0 Å². The van der Waals surface area contributed by atoms with Gasteiger partial charge in [-0.2, -0.15) is 13.2 Å². The Balaban J connectivity index is 3.07. The summed E-state index contributed by atoms with van der Waals surface area (Å²) in [6.07, 6.45) is -4.06. The molecule has 3 nitrogen and oxygen atoms in total. The van der Waals surface area contributed by atoms with Crippen LogP contribution in [0.5, 0.6) is 0 Å². The van der Waals surface area contributed by atoms with Crippen molar-refractivity contribution in [2.24, 2.45) is 0 Å². The maximum atomic E-state index is 11.6. The largest absolute Gasteiger partial charge is 0.411 e. The Kier molecular flexibility index (Phi) is 6.86. The predicted octanol–water partition coefficient (Wildman–Crippen LogP) is 0.926. The van der Waals surface area contributed by atoms with Crippen molar-refractivity contribution in [2.75, 3.05) is 26.3 Å². The number of aliphatic hydroxyl groups is 1. The lowest BCUT2D eigenvalue weighted by molar-refractivity contribution is -0.173. The van der Waals surface area contributed by atoms with Crippen molar-refractivity contribution in [3.8, 4) is 0 Å². The lowest BCUT2D eigenvalue weighted by Crippen LogP contribution is -2.25. The van der Waals surface area contributed by atoms with Crippen LogP contribution in [0, 0.1) is 0 Å². The molecule has 0 heterocycles. The molecule has 0 amide bonds. The molecule has 6 heteroatoms. The summed E-state index contributed by atoms with van der Waals surface area (Å²) in [5, 5.41) is 11.7. The zero-order valence-electron chi connectivity index (χ0n) is 8.10. The van der Waals surface area contributed by atoms with E-state index in [1.54, 1.807) is 6.92 Å². The van der Waals surface area contributed by atoms with Gasteiger partial charge in [-0.1, -0.05) is 0 Å². The molecule has 86 valence electrons. The molecule has 0 aliphatic carbocycles. The van der Waals surface area contributed by atoms with Gasteiger partial charge in [0.15, 0.2) is 0 Å². The van der Waals surface area contributed by atoms with Gasteiger partial charge in [0.1, 0.15) is 6.61 Å². The summed E-state index contributed by atoms with van der Waals surface area (Å²) in [5.74, 6) is 0. The van der Waals surface area contributed by atoms with E-state index in [1.165, 1.54) is 0 Å². The second-order valence-corrected chi connectivity index (χ2v) is 3.06. The first kappa shape index (κ1) is 13.7. The van der Waals surface area contributed by atoms with Crippen LogP contribution < -0.4 is 5.32 Å². The fraction of sp³-hybridized carbons (Fsp3) is 1.00. The summed E-state index contributed by atoms with van der Waals surface area (Å²) in [5.41, 5.74) is 0. The Morgan fingerprint density at radius 1 is 1.36 bits per heavy atom. The second-order valence-electron chi connectivity index (χ2n) is 3.06. The van der Waals surface area contributed by atoms with Crippen LogP contribution in [0.25, 0.3) is 0 Å². The molecule has 0 aromatic carbocycles. The number of hydrogen-bond donors (Lipinski definition) is 2. The van der Waals surface area contributed by atoms with E-state index >= 15 is 0 Å². The van der Waals surface area contributed by atoms with Crippen molar-refractivity contribution in [3.63, 3.8) is 0 Å². The van der Waals surface area contributed by atoms with Crippen molar-refractivity contribution in [1.82, 2.24) is 5.32 Å². The quantitative estimate of drug-likeness (QED) is 0.621. The maximum absolute atomic E-state index is 11.6. The highest BCUT2D eigenvalue weighted by molar-refractivity contribution is 4.52. The number of ether oxygens (including phenoxy) is 1. The molecule has 14 heavy (non-hydrogen) atoms. The van der Waals surface area contributed by atoms with Crippen LogP contribution in [0.3, 0.4) is 0 Å². The van der Waals surface area contributed by atoms with Gasteiger partial charge in [-0.3, -0.25) is 0 Å². The first-order chi connectivity index (χ1) is 6.42. The van der Waals surface area contributed by atoms with Crippen molar-refractivity contribution >= 4 is 0 Å². The number of halogens is 3. The van der Waals surface area contributed by atoms with Crippen LogP contribution >= 0.6 is 0 Å². The normalized spacial score (nSPS) is 14.4. The van der Waals surface area contributed by atoms with E-state index in [0.29, 0.717) is 19.5 Å². The van der Waals surface area contributed by atoms with Crippen molar-refractivity contribution in [3.05, 3.63) is 0 Å². The number of aliphatic hydroxyl groups excluding tert-OH is 1. The van der Waals surface area contributed by atoms with Gasteiger partial charge >= 0.3 is 6.18 Å². The summed E-state index contributed by atoms with van der Waals surface area (Å²) in [4.78, 5) is 0. The monoisotopic (exact) mass is 215 g/mol. The van der Waals surface area contributed by atoms with Crippen molar-refractivity contribution in [2.45, 2.75) is 25.6 Å². The second kappa shape index (κ2) is 7.03. The highest BCUT2D eigenvalue weighted by Gasteiger charge is 2.27. The standard InChI is InChI=1S/C8H16F3NO2/c1-7(13)2-3-12-4-5-14-6-8(9,10)11/h7,12-13H,2-6H2,1H3. The molecular formula is C8H16F3NO2. The molecule has 0 radical (unpaired) electrons. The Bertz CT molecular complexity index is 139. The Hall–Kier alpha value is -0.330. The Morgan fingerprint density at radius 2 is 2.00 bits per heavy atom. The van der Waals surface area contributed by atoms with Crippen LogP contribution in [-0.4, -0.2) is 43.7 Å². The first-order valence-corrected chi connectivity index (χ1v) is 4.45. The predicted molar refractivity (Wildman–Crippen MR) is 46.0 cm³/mol. The number of alkyl halides is 3. The van der Waals surface area contributed by atoms with Crippen LogP contribution in [0.2, 0.25) is 0 Å². The van der Waals surface area contributed by atoms with Gasteiger partial charge in [0.25, 0.3) is 0 Å². The lowest BCUT2D eigenvalue weighted by Gasteiger charge is -2.08. The number of rotatable bonds is 7. The highest BCUT2D eigenvalue weighted by Crippen LogP contribution is 2.13. The molecule has 2 N–H and O–H groups in total. The minimum absolute atomic E-state index is 0.0271. The van der Waals surface area contributed by atoms with Gasteiger partial charge in [-0.15, -0.1) is 0 Å². The number of hydrogen-bond acceptors (Lipinski definition) is 3. The molecule has 0 saturated carbocycles. The van der Waals surface area contributed by atoms with E-state index in [1.807, 2.05) is 0 Å². The van der Waals surface area contributed by atoms with Crippen LogP contribution in [0.15, 0.2) is 0 Å². The molecule has 0 aromatic heterocycles. The van der Waals surface area contributed by atoms with E-state index in [9.17, 15) is 13.2 Å². The summed E-state index contributed by atoms with van der Waals surface area (Å²) in [6.45, 7) is 1.42. The van der Waals surface area contributed by atoms with Gasteiger partial charge in [0.05, 0.1) is 12.7 Å². The summed E-state index contributed by atoms with van der Waals surface area (Å²) < 4.78 is 39.0. The molecule has 1 unspecified atom stereocenters. The van der Waals surface area contributed by atoms with Crippen LogP contribution in [0.1, 0.15) is 13.3 Å². The topological polar surface area (TPSA) is 41.5 Å². The van der Waals surface area contributed by atoms with Gasteiger partial charge in [-0.05, 0) is 19.9 Å². The molecule has 0 rings (SSSR count). The third-order valence-electron chi connectivity index (χ3n) is 1.43. The van der Waals surface area contributed by atoms with Crippen molar-refractivity contribution in [1.29, 1.82) is 0 Å². The average Bonchev–Trinajstić information content (AvgIpc) is 2.00. The molecule has 0 saturated heterocycles. The molecule has 0 spiro atoms. The fourth-order valence-electron chi connectivity index (χ4n) is 0.768. The lowest BCUT2D eigenvalue weighted by atomic mass is 10.3.